The molecule has 8 heteroatoms. The molecular formula is C16H12BrN2O5-. The molecule has 0 radical (unpaired) electrons. The Balaban J connectivity index is 1.89. The number of hydrogen-bond donors (Lipinski definition) is 2. The molecule has 2 rings (SSSR count). The summed E-state index contributed by atoms with van der Waals surface area (Å²) in [5, 5.41) is 12.1. The Morgan fingerprint density at radius 2 is 1.83 bits per heavy atom. The highest BCUT2D eigenvalue weighted by molar-refractivity contribution is 9.10. The van der Waals surface area contributed by atoms with E-state index in [1.165, 1.54) is 0 Å². The van der Waals surface area contributed by atoms with Gasteiger partial charge >= 0.3 is 0 Å². The molecule has 124 valence electrons. The van der Waals surface area contributed by atoms with E-state index in [2.05, 4.69) is 21.4 Å². The summed E-state index contributed by atoms with van der Waals surface area (Å²) in [4.78, 5) is 32.9. The van der Waals surface area contributed by atoms with Crippen LogP contribution < -0.4 is 20.7 Å². The van der Waals surface area contributed by atoms with Gasteiger partial charge in [0.1, 0.15) is 5.75 Å². The van der Waals surface area contributed by atoms with Crippen LogP contribution in [0.5, 0.6) is 5.75 Å². The maximum Gasteiger partial charge on any atom is 0.276 e. The van der Waals surface area contributed by atoms with Crippen LogP contribution in [0.2, 0.25) is 0 Å². The number of carbonyl (C=O) groups excluding carboxylic acids is 3. The monoisotopic (exact) mass is 391 g/mol. The highest BCUT2D eigenvalue weighted by Gasteiger charge is 2.08. The number of fused-ring (bicyclic) bond motifs is 1. The molecule has 0 aliphatic heterocycles. The highest BCUT2D eigenvalue weighted by atomic mass is 79.9. The lowest BCUT2D eigenvalue weighted by Gasteiger charge is -2.10. The van der Waals surface area contributed by atoms with Gasteiger partial charge in [-0.1, -0.05) is 30.3 Å². The Morgan fingerprint density at radius 1 is 1.08 bits per heavy atom. The number of carboxylic acid groups (broad SMARTS) is 1. The molecule has 0 aliphatic carbocycles. The lowest BCUT2D eigenvalue weighted by molar-refractivity contribution is -0.297. The first kappa shape index (κ1) is 17.5. The van der Waals surface area contributed by atoms with Crippen LogP contribution in [0.25, 0.3) is 10.8 Å². The van der Waals surface area contributed by atoms with Gasteiger partial charge in [-0.15, -0.1) is 0 Å². The second kappa shape index (κ2) is 8.11. The van der Waals surface area contributed by atoms with Crippen molar-refractivity contribution in [1.82, 2.24) is 10.9 Å². The normalized spacial score (nSPS) is 10.5. The predicted octanol–water partition coefficient (Wildman–Crippen LogP) is 0.435. The maximum atomic E-state index is 11.6. The van der Waals surface area contributed by atoms with Crippen LogP contribution in [0.4, 0.5) is 0 Å². The summed E-state index contributed by atoms with van der Waals surface area (Å²) in [7, 11) is 0. The second-order valence-electron chi connectivity index (χ2n) is 4.58. The molecular weight excluding hydrogens is 380 g/mol. The van der Waals surface area contributed by atoms with Gasteiger partial charge in [0.05, 0.1) is 10.4 Å². The maximum absolute atomic E-state index is 11.6. The molecule has 2 aromatic carbocycles. The first-order valence-electron chi connectivity index (χ1n) is 6.75. The van der Waals surface area contributed by atoms with E-state index in [0.717, 1.165) is 16.8 Å². The van der Waals surface area contributed by atoms with Gasteiger partial charge in [0, 0.05) is 6.08 Å². The van der Waals surface area contributed by atoms with Gasteiger partial charge in [-0.25, -0.2) is 0 Å². The number of benzene rings is 2. The van der Waals surface area contributed by atoms with Crippen LogP contribution in [0.15, 0.2) is 53.0 Å². The highest BCUT2D eigenvalue weighted by Crippen LogP contribution is 2.32. The molecule has 0 spiro atoms. The van der Waals surface area contributed by atoms with Crippen LogP contribution >= 0.6 is 15.9 Å². The van der Waals surface area contributed by atoms with E-state index in [-0.39, 0.29) is 6.61 Å². The van der Waals surface area contributed by atoms with Crippen molar-refractivity contribution in [3.05, 3.63) is 53.0 Å². The number of hydrazine groups is 1. The number of hydrogen-bond acceptors (Lipinski definition) is 5. The van der Waals surface area contributed by atoms with E-state index in [1.807, 2.05) is 35.8 Å². The first-order chi connectivity index (χ1) is 11.5. The molecule has 24 heavy (non-hydrogen) atoms. The molecule has 0 unspecified atom stereocenters. The molecule has 2 aromatic rings. The number of carboxylic acids is 1. The van der Waals surface area contributed by atoms with E-state index in [0.29, 0.717) is 16.3 Å². The van der Waals surface area contributed by atoms with Gasteiger partial charge in [-0.2, -0.15) is 0 Å². The average molecular weight is 392 g/mol. The summed E-state index contributed by atoms with van der Waals surface area (Å²) in [5.74, 6) is -2.45. The van der Waals surface area contributed by atoms with Crippen LogP contribution in [-0.4, -0.2) is 24.4 Å². The van der Waals surface area contributed by atoms with Gasteiger partial charge in [0.2, 0.25) is 0 Å². The molecule has 0 bridgehead atoms. The van der Waals surface area contributed by atoms with E-state index in [4.69, 9.17) is 4.74 Å². The standard InChI is InChI=1S/C16H13BrN2O5/c17-16-11-4-2-1-3-10(11)5-6-12(16)24-9-14(21)19-18-13(20)7-8-15(22)23/h1-8H,9H2,(H,18,20)(H,19,21)(H,22,23)/p-1/b8-7+. The van der Waals surface area contributed by atoms with E-state index >= 15 is 0 Å². The minimum atomic E-state index is -1.51. The molecule has 0 aliphatic rings. The zero-order chi connectivity index (χ0) is 17.5. The molecule has 0 heterocycles. The van der Waals surface area contributed by atoms with Crippen molar-refractivity contribution in [2.75, 3.05) is 6.61 Å². The van der Waals surface area contributed by atoms with Crippen LogP contribution in [0.3, 0.4) is 0 Å². The minimum absolute atomic E-state index is 0.332. The van der Waals surface area contributed by atoms with Crippen molar-refractivity contribution >= 4 is 44.5 Å². The zero-order valence-electron chi connectivity index (χ0n) is 12.2. The molecule has 0 saturated heterocycles. The van der Waals surface area contributed by atoms with E-state index < -0.39 is 17.8 Å². The van der Waals surface area contributed by atoms with Gasteiger partial charge in [0.15, 0.2) is 6.61 Å². The molecule has 0 atom stereocenters. The van der Waals surface area contributed by atoms with Gasteiger partial charge < -0.3 is 14.6 Å². The van der Waals surface area contributed by atoms with Crippen LogP contribution in [0.1, 0.15) is 0 Å². The Bertz CT molecular complexity index is 819. The van der Waals surface area contributed by atoms with Crippen molar-refractivity contribution < 1.29 is 24.2 Å². The van der Waals surface area contributed by atoms with Crippen molar-refractivity contribution in [3.8, 4) is 5.75 Å². The first-order valence-corrected chi connectivity index (χ1v) is 7.54. The van der Waals surface area contributed by atoms with Crippen LogP contribution in [0, 0.1) is 0 Å². The third-order valence-electron chi connectivity index (χ3n) is 2.88. The van der Waals surface area contributed by atoms with Crippen LogP contribution in [-0.2, 0) is 14.4 Å². The summed E-state index contributed by atoms with van der Waals surface area (Å²) >= 11 is 3.43. The fraction of sp³-hybridized carbons (Fsp3) is 0.0625. The SMILES string of the molecule is O=C([O-])/C=C/C(=O)NNC(=O)COc1ccc2ccccc2c1Br. The van der Waals surface area contributed by atoms with Gasteiger partial charge in [-0.3, -0.25) is 20.4 Å². The fourth-order valence-corrected chi connectivity index (χ4v) is 2.43. The molecule has 0 fully saturated rings. The third-order valence-corrected chi connectivity index (χ3v) is 3.70. The number of nitrogens with one attached hydrogen (secondary N) is 2. The number of carbonyl (C=O) groups is 3. The summed E-state index contributed by atoms with van der Waals surface area (Å²) in [5.41, 5.74) is 4.10. The second-order valence-corrected chi connectivity index (χ2v) is 5.37. The third kappa shape index (κ3) is 4.82. The Hall–Kier alpha value is -2.87. The zero-order valence-corrected chi connectivity index (χ0v) is 13.8. The number of amides is 2. The average Bonchev–Trinajstić information content (AvgIpc) is 2.57. The topological polar surface area (TPSA) is 108 Å². The number of ether oxygens (including phenoxy) is 1. The Labute approximate surface area is 145 Å². The lowest BCUT2D eigenvalue weighted by Crippen LogP contribution is -2.43. The van der Waals surface area contributed by atoms with Crippen molar-refractivity contribution in [2.24, 2.45) is 0 Å². The summed E-state index contributed by atoms with van der Waals surface area (Å²) in [6, 6.07) is 11.3. The predicted molar refractivity (Wildman–Crippen MR) is 87.6 cm³/mol. The summed E-state index contributed by atoms with van der Waals surface area (Å²) in [6.07, 6.45) is 1.26. The largest absolute Gasteiger partial charge is 0.545 e. The van der Waals surface area contributed by atoms with E-state index in [9.17, 15) is 19.5 Å². The fourth-order valence-electron chi connectivity index (χ4n) is 1.82. The molecule has 0 saturated carbocycles. The number of rotatable bonds is 5. The van der Waals surface area contributed by atoms with Crippen molar-refractivity contribution in [2.45, 2.75) is 0 Å². The quantitative estimate of drug-likeness (QED) is 0.567. The molecule has 2 amide bonds. The van der Waals surface area contributed by atoms with Gasteiger partial charge in [0.25, 0.3) is 11.8 Å². The molecule has 2 N–H and O–H groups in total. The Kier molecular flexibility index (Phi) is 5.91. The summed E-state index contributed by atoms with van der Waals surface area (Å²) < 4.78 is 6.12. The van der Waals surface area contributed by atoms with Gasteiger partial charge in [-0.05, 0) is 38.8 Å². The molecule has 7 nitrogen and oxygen atoms in total. The minimum Gasteiger partial charge on any atom is -0.545 e. The Morgan fingerprint density at radius 3 is 2.58 bits per heavy atom. The molecule has 0 aromatic heterocycles. The van der Waals surface area contributed by atoms with Crippen molar-refractivity contribution in [3.63, 3.8) is 0 Å². The lowest BCUT2D eigenvalue weighted by atomic mass is 10.1. The number of halogens is 1. The smallest absolute Gasteiger partial charge is 0.276 e. The summed E-state index contributed by atoms with van der Waals surface area (Å²) in [6.45, 7) is -0.332. The van der Waals surface area contributed by atoms with Crippen molar-refractivity contribution in [1.29, 1.82) is 0 Å². The van der Waals surface area contributed by atoms with E-state index in [1.54, 1.807) is 6.07 Å². The number of aliphatic carboxylic acids is 1.